The van der Waals surface area contributed by atoms with Crippen LogP contribution in [-0.4, -0.2) is 17.5 Å². The highest BCUT2D eigenvalue weighted by Crippen LogP contribution is 2.37. The Morgan fingerprint density at radius 3 is 3.00 bits per heavy atom. The Morgan fingerprint density at radius 2 is 2.38 bits per heavy atom. The van der Waals surface area contributed by atoms with Crippen LogP contribution in [0.1, 0.15) is 24.5 Å². The average molecular weight is 180 g/mol. The number of hydrogen-bond donors (Lipinski definition) is 1. The zero-order chi connectivity index (χ0) is 9.26. The fourth-order valence-electron chi connectivity index (χ4n) is 1.96. The molecule has 0 spiro atoms. The zero-order valence-electron chi connectivity index (χ0n) is 7.27. The third-order valence-electron chi connectivity index (χ3n) is 2.65. The predicted octanol–water partition coefficient (Wildman–Crippen LogP) is 1.33. The van der Waals surface area contributed by atoms with Gasteiger partial charge in [0.25, 0.3) is 0 Å². The number of hydrogen-bond acceptors (Lipinski definition) is 3. The number of rotatable bonds is 2. The van der Waals surface area contributed by atoms with Gasteiger partial charge in [-0.25, -0.2) is 0 Å². The molecule has 2 rings (SSSR count). The lowest BCUT2D eigenvalue weighted by Crippen LogP contribution is -2.09. The van der Waals surface area contributed by atoms with Crippen molar-refractivity contribution in [3.05, 3.63) is 24.2 Å². The first-order valence-corrected chi connectivity index (χ1v) is 4.47. The summed E-state index contributed by atoms with van der Waals surface area (Å²) in [5.74, 6) is 1.19. The van der Waals surface area contributed by atoms with Gasteiger partial charge in [0, 0.05) is 25.4 Å². The van der Waals surface area contributed by atoms with Crippen molar-refractivity contribution in [1.29, 1.82) is 0 Å². The van der Waals surface area contributed by atoms with E-state index in [0.29, 0.717) is 12.8 Å². The van der Waals surface area contributed by atoms with Crippen molar-refractivity contribution in [1.82, 2.24) is 0 Å². The van der Waals surface area contributed by atoms with Crippen LogP contribution in [-0.2, 0) is 4.79 Å². The maximum atomic E-state index is 11.2. The van der Waals surface area contributed by atoms with E-state index in [1.54, 1.807) is 6.26 Å². The molecule has 1 N–H and O–H groups in total. The Bertz CT molecular complexity index is 289. The minimum atomic E-state index is 0.0543. The highest BCUT2D eigenvalue weighted by atomic mass is 16.3. The number of carbonyl (C=O) groups excluding carboxylic acids is 1. The lowest BCUT2D eigenvalue weighted by molar-refractivity contribution is -0.117. The number of carbonyl (C=O) groups is 1. The van der Waals surface area contributed by atoms with Crippen LogP contribution in [0.5, 0.6) is 0 Å². The van der Waals surface area contributed by atoms with E-state index in [9.17, 15) is 4.79 Å². The first-order valence-electron chi connectivity index (χ1n) is 4.47. The molecule has 0 bridgehead atoms. The van der Waals surface area contributed by atoms with Gasteiger partial charge < -0.3 is 9.52 Å². The van der Waals surface area contributed by atoms with Gasteiger partial charge in [-0.3, -0.25) is 4.79 Å². The molecule has 0 aromatic carbocycles. The van der Waals surface area contributed by atoms with Gasteiger partial charge in [-0.1, -0.05) is 0 Å². The molecular weight excluding hydrogens is 168 g/mol. The van der Waals surface area contributed by atoms with E-state index in [0.717, 1.165) is 5.76 Å². The van der Waals surface area contributed by atoms with Gasteiger partial charge in [-0.2, -0.15) is 0 Å². The second-order valence-electron chi connectivity index (χ2n) is 3.51. The minimum Gasteiger partial charge on any atom is -0.469 e. The van der Waals surface area contributed by atoms with Crippen molar-refractivity contribution in [3.8, 4) is 0 Å². The van der Waals surface area contributed by atoms with Gasteiger partial charge in [0.2, 0.25) is 0 Å². The molecule has 1 aromatic heterocycles. The second kappa shape index (κ2) is 3.34. The lowest BCUT2D eigenvalue weighted by atomic mass is 9.95. The van der Waals surface area contributed by atoms with Crippen LogP contribution in [0, 0.1) is 5.92 Å². The molecule has 13 heavy (non-hydrogen) atoms. The molecule has 0 radical (unpaired) electrons. The number of furan rings is 1. The third kappa shape index (κ3) is 1.52. The standard InChI is InChI=1S/C10H12O3/c11-6-7-4-8(12)5-9(7)10-2-1-3-13-10/h1-3,7,9,11H,4-6H2/t7-,9-/m0/s1. The van der Waals surface area contributed by atoms with Crippen molar-refractivity contribution in [2.24, 2.45) is 5.92 Å². The van der Waals surface area contributed by atoms with Gasteiger partial charge in [-0.05, 0) is 18.1 Å². The molecule has 0 unspecified atom stereocenters. The molecule has 2 atom stereocenters. The van der Waals surface area contributed by atoms with Crippen molar-refractivity contribution in [3.63, 3.8) is 0 Å². The van der Waals surface area contributed by atoms with Crippen molar-refractivity contribution in [2.75, 3.05) is 6.61 Å². The summed E-state index contributed by atoms with van der Waals surface area (Å²) in [6, 6.07) is 3.68. The number of ketones is 1. The Kier molecular flexibility index (Phi) is 2.19. The normalized spacial score (nSPS) is 28.2. The molecule has 0 saturated heterocycles. The smallest absolute Gasteiger partial charge is 0.134 e. The van der Waals surface area contributed by atoms with Crippen LogP contribution in [0.3, 0.4) is 0 Å². The van der Waals surface area contributed by atoms with Gasteiger partial charge in [0.05, 0.1) is 6.26 Å². The van der Waals surface area contributed by atoms with Gasteiger partial charge in [-0.15, -0.1) is 0 Å². The molecule has 1 fully saturated rings. The summed E-state index contributed by atoms with van der Waals surface area (Å²) in [5.41, 5.74) is 0. The molecule has 3 heteroatoms. The Morgan fingerprint density at radius 1 is 1.54 bits per heavy atom. The molecule has 1 saturated carbocycles. The van der Waals surface area contributed by atoms with Crippen LogP contribution in [0.15, 0.2) is 22.8 Å². The highest BCUT2D eigenvalue weighted by molar-refractivity contribution is 5.82. The van der Waals surface area contributed by atoms with E-state index >= 15 is 0 Å². The summed E-state index contributed by atoms with van der Waals surface area (Å²) in [6.07, 6.45) is 2.60. The van der Waals surface area contributed by atoms with Crippen molar-refractivity contribution < 1.29 is 14.3 Å². The first kappa shape index (κ1) is 8.51. The van der Waals surface area contributed by atoms with Gasteiger partial charge >= 0.3 is 0 Å². The quantitative estimate of drug-likeness (QED) is 0.747. The van der Waals surface area contributed by atoms with Crippen LogP contribution < -0.4 is 0 Å². The van der Waals surface area contributed by atoms with Gasteiger partial charge in [0.1, 0.15) is 11.5 Å². The van der Waals surface area contributed by atoms with Crippen molar-refractivity contribution in [2.45, 2.75) is 18.8 Å². The fourth-order valence-corrected chi connectivity index (χ4v) is 1.96. The molecule has 1 heterocycles. The largest absolute Gasteiger partial charge is 0.469 e. The Hall–Kier alpha value is -1.09. The molecule has 1 aliphatic carbocycles. The van der Waals surface area contributed by atoms with E-state index in [2.05, 4.69) is 0 Å². The monoisotopic (exact) mass is 180 g/mol. The van der Waals surface area contributed by atoms with Crippen molar-refractivity contribution >= 4 is 5.78 Å². The molecule has 70 valence electrons. The minimum absolute atomic E-state index is 0.0543. The molecular formula is C10H12O3. The van der Waals surface area contributed by atoms with E-state index in [1.807, 2.05) is 12.1 Å². The molecule has 0 amide bonds. The lowest BCUT2D eigenvalue weighted by Gasteiger charge is -2.12. The number of Topliss-reactive ketones (excluding diaryl/α,β-unsaturated/α-hetero) is 1. The van der Waals surface area contributed by atoms with Crippen LogP contribution in [0.25, 0.3) is 0 Å². The maximum Gasteiger partial charge on any atom is 0.134 e. The average Bonchev–Trinajstić information content (AvgIpc) is 2.71. The summed E-state index contributed by atoms with van der Waals surface area (Å²) in [5, 5.41) is 9.06. The molecule has 1 aliphatic rings. The Balaban J connectivity index is 2.19. The van der Waals surface area contributed by atoms with E-state index in [4.69, 9.17) is 9.52 Å². The third-order valence-corrected chi connectivity index (χ3v) is 2.65. The summed E-state index contributed by atoms with van der Waals surface area (Å²) >= 11 is 0. The van der Waals surface area contributed by atoms with Crippen LogP contribution in [0.4, 0.5) is 0 Å². The first-order chi connectivity index (χ1) is 6.31. The topological polar surface area (TPSA) is 50.4 Å². The van der Waals surface area contributed by atoms with Crippen LogP contribution in [0.2, 0.25) is 0 Å². The van der Waals surface area contributed by atoms with E-state index in [1.165, 1.54) is 0 Å². The SMILES string of the molecule is O=C1C[C@@H](CO)[C@@H](c2ccco2)C1. The highest BCUT2D eigenvalue weighted by Gasteiger charge is 2.34. The molecule has 3 nitrogen and oxygen atoms in total. The fraction of sp³-hybridized carbons (Fsp3) is 0.500. The molecule has 1 aromatic rings. The maximum absolute atomic E-state index is 11.2. The summed E-state index contributed by atoms with van der Waals surface area (Å²) in [4.78, 5) is 11.2. The predicted molar refractivity (Wildman–Crippen MR) is 46.3 cm³/mol. The van der Waals surface area contributed by atoms with E-state index < -0.39 is 0 Å². The molecule has 0 aliphatic heterocycles. The van der Waals surface area contributed by atoms with Gasteiger partial charge in [0.15, 0.2) is 0 Å². The van der Waals surface area contributed by atoms with Crippen LogP contribution >= 0.6 is 0 Å². The number of aliphatic hydroxyl groups excluding tert-OH is 1. The Labute approximate surface area is 76.4 Å². The summed E-state index contributed by atoms with van der Waals surface area (Å²) in [7, 11) is 0. The zero-order valence-corrected chi connectivity index (χ0v) is 7.27. The number of aliphatic hydroxyl groups is 1. The van der Waals surface area contributed by atoms with E-state index in [-0.39, 0.29) is 24.2 Å². The summed E-state index contributed by atoms with van der Waals surface area (Å²) < 4.78 is 5.23. The second-order valence-corrected chi connectivity index (χ2v) is 3.51. The summed E-state index contributed by atoms with van der Waals surface area (Å²) in [6.45, 7) is 0.0666.